The molecule has 1 fully saturated rings. The highest BCUT2D eigenvalue weighted by atomic mass is 16.5. The van der Waals surface area contributed by atoms with E-state index in [1.807, 2.05) is 37.3 Å². The molecule has 0 N–H and O–H groups in total. The van der Waals surface area contributed by atoms with E-state index in [0.29, 0.717) is 66.1 Å². The van der Waals surface area contributed by atoms with E-state index in [1.165, 1.54) is 4.90 Å². The van der Waals surface area contributed by atoms with Gasteiger partial charge in [0.2, 0.25) is 0 Å². The minimum Gasteiger partial charge on any atom is -0.493 e. The number of carbonyl (C=O) groups is 4. The Hall–Kier alpha value is -4.26. The molecule has 2 aliphatic rings. The molecule has 0 unspecified atom stereocenters. The normalized spacial score (nSPS) is 15.6. The Morgan fingerprint density at radius 2 is 1.49 bits per heavy atom. The second-order valence-electron chi connectivity index (χ2n) is 9.30. The van der Waals surface area contributed by atoms with Crippen LogP contribution in [0.5, 0.6) is 5.75 Å². The highest BCUT2D eigenvalue weighted by Gasteiger charge is 2.35. The average Bonchev–Trinajstić information content (AvgIpc) is 3.18. The van der Waals surface area contributed by atoms with Gasteiger partial charge in [0.05, 0.1) is 29.8 Å². The largest absolute Gasteiger partial charge is 0.493 e. The van der Waals surface area contributed by atoms with Crippen LogP contribution in [0.4, 0.5) is 0 Å². The van der Waals surface area contributed by atoms with Crippen molar-refractivity contribution in [2.75, 3.05) is 19.7 Å². The summed E-state index contributed by atoms with van der Waals surface area (Å²) in [6.07, 6.45) is 1.19. The zero-order valence-corrected chi connectivity index (χ0v) is 20.7. The molecule has 5 rings (SSSR count). The monoisotopic (exact) mass is 496 g/mol. The molecule has 7 nitrogen and oxygen atoms in total. The van der Waals surface area contributed by atoms with Gasteiger partial charge in [-0.1, -0.05) is 48.5 Å². The number of hydrogen-bond donors (Lipinski definition) is 0. The maximum atomic E-state index is 13.6. The topological polar surface area (TPSA) is 84.0 Å². The number of rotatable bonds is 7. The third kappa shape index (κ3) is 4.77. The van der Waals surface area contributed by atoms with E-state index in [9.17, 15) is 19.2 Å². The van der Waals surface area contributed by atoms with Crippen LogP contribution in [0.25, 0.3) is 0 Å². The van der Waals surface area contributed by atoms with Crippen molar-refractivity contribution < 1.29 is 23.9 Å². The third-order valence-corrected chi connectivity index (χ3v) is 7.00. The SMILES string of the molecule is CCOc1ccc(CN2C(=O)c3ccccc3C2=O)cc1C(=O)N1CCC(C(=O)c2ccccc2)CC1. The minimum absolute atomic E-state index is 0.0622. The summed E-state index contributed by atoms with van der Waals surface area (Å²) in [5.74, 6) is -0.400. The van der Waals surface area contributed by atoms with Gasteiger partial charge in [0.15, 0.2) is 5.78 Å². The van der Waals surface area contributed by atoms with Crippen molar-refractivity contribution in [1.29, 1.82) is 0 Å². The summed E-state index contributed by atoms with van der Waals surface area (Å²) in [6, 6.07) is 21.2. The lowest BCUT2D eigenvalue weighted by Gasteiger charge is -2.32. The summed E-state index contributed by atoms with van der Waals surface area (Å²) >= 11 is 0. The van der Waals surface area contributed by atoms with Gasteiger partial charge < -0.3 is 9.64 Å². The third-order valence-electron chi connectivity index (χ3n) is 7.00. The first-order chi connectivity index (χ1) is 18.0. The van der Waals surface area contributed by atoms with E-state index >= 15 is 0 Å². The van der Waals surface area contributed by atoms with Crippen LogP contribution in [0.3, 0.4) is 0 Å². The number of Topliss-reactive ketones (excluding diaryl/α,β-unsaturated/α-hetero) is 1. The van der Waals surface area contributed by atoms with Crippen LogP contribution >= 0.6 is 0 Å². The molecule has 0 bridgehead atoms. The molecule has 188 valence electrons. The number of carbonyl (C=O) groups excluding carboxylic acids is 4. The first kappa shape index (κ1) is 24.4. The lowest BCUT2D eigenvalue weighted by atomic mass is 9.88. The average molecular weight is 497 g/mol. The van der Waals surface area contributed by atoms with Crippen molar-refractivity contribution in [2.24, 2.45) is 5.92 Å². The van der Waals surface area contributed by atoms with Crippen LogP contribution in [0.2, 0.25) is 0 Å². The number of likely N-dealkylation sites (tertiary alicyclic amines) is 1. The molecule has 0 saturated carbocycles. The second kappa shape index (κ2) is 10.4. The highest BCUT2D eigenvalue weighted by Crippen LogP contribution is 2.29. The van der Waals surface area contributed by atoms with E-state index in [-0.39, 0.29) is 36.0 Å². The van der Waals surface area contributed by atoms with Gasteiger partial charge in [0, 0.05) is 24.6 Å². The van der Waals surface area contributed by atoms with Gasteiger partial charge in [0.1, 0.15) is 5.75 Å². The Labute approximate surface area is 215 Å². The quantitative estimate of drug-likeness (QED) is 0.352. The molecule has 7 heteroatoms. The van der Waals surface area contributed by atoms with Crippen LogP contribution in [0, 0.1) is 5.92 Å². The highest BCUT2D eigenvalue weighted by molar-refractivity contribution is 6.21. The second-order valence-corrected chi connectivity index (χ2v) is 9.30. The van der Waals surface area contributed by atoms with Crippen molar-refractivity contribution in [3.63, 3.8) is 0 Å². The molecule has 2 aliphatic heterocycles. The molecule has 0 atom stereocenters. The number of ether oxygens (including phenoxy) is 1. The first-order valence-electron chi connectivity index (χ1n) is 12.6. The fourth-order valence-corrected chi connectivity index (χ4v) is 5.04. The lowest BCUT2D eigenvalue weighted by Crippen LogP contribution is -2.40. The molecule has 0 aromatic heterocycles. The molecule has 3 aromatic rings. The van der Waals surface area contributed by atoms with Gasteiger partial charge in [0.25, 0.3) is 17.7 Å². The zero-order valence-electron chi connectivity index (χ0n) is 20.7. The Morgan fingerprint density at radius 1 is 0.865 bits per heavy atom. The van der Waals surface area contributed by atoms with Gasteiger partial charge in [-0.2, -0.15) is 0 Å². The van der Waals surface area contributed by atoms with Crippen LogP contribution < -0.4 is 4.74 Å². The first-order valence-corrected chi connectivity index (χ1v) is 12.6. The maximum absolute atomic E-state index is 13.6. The van der Waals surface area contributed by atoms with Gasteiger partial charge in [-0.15, -0.1) is 0 Å². The van der Waals surface area contributed by atoms with Crippen LogP contribution in [0.15, 0.2) is 72.8 Å². The number of hydrogen-bond acceptors (Lipinski definition) is 5. The number of benzene rings is 3. The molecule has 3 aromatic carbocycles. The number of fused-ring (bicyclic) bond motifs is 1. The Balaban J connectivity index is 1.31. The molecule has 1 saturated heterocycles. The number of nitrogens with zero attached hydrogens (tertiary/aromatic N) is 2. The smallest absolute Gasteiger partial charge is 0.261 e. The predicted molar refractivity (Wildman–Crippen MR) is 138 cm³/mol. The molecular weight excluding hydrogens is 468 g/mol. The van der Waals surface area contributed by atoms with Crippen molar-refractivity contribution in [3.05, 3.63) is 101 Å². The van der Waals surface area contributed by atoms with E-state index in [1.54, 1.807) is 47.4 Å². The van der Waals surface area contributed by atoms with Crippen LogP contribution in [0.1, 0.15) is 66.8 Å². The summed E-state index contributed by atoms with van der Waals surface area (Å²) in [5, 5.41) is 0. The Kier molecular flexibility index (Phi) is 6.86. The minimum atomic E-state index is -0.340. The van der Waals surface area contributed by atoms with Crippen LogP contribution in [-0.2, 0) is 6.54 Å². The number of imide groups is 1. The molecule has 0 aliphatic carbocycles. The van der Waals surface area contributed by atoms with Gasteiger partial charge in [-0.25, -0.2) is 0 Å². The van der Waals surface area contributed by atoms with E-state index < -0.39 is 0 Å². The summed E-state index contributed by atoms with van der Waals surface area (Å²) in [5.41, 5.74) is 2.54. The van der Waals surface area contributed by atoms with Crippen molar-refractivity contribution in [3.8, 4) is 5.75 Å². The molecular formula is C30H28N2O5. The van der Waals surface area contributed by atoms with E-state index in [0.717, 1.165) is 0 Å². The van der Waals surface area contributed by atoms with Crippen molar-refractivity contribution >= 4 is 23.5 Å². The Bertz CT molecular complexity index is 1320. The fraction of sp³-hybridized carbons (Fsp3) is 0.267. The van der Waals surface area contributed by atoms with Crippen molar-refractivity contribution in [1.82, 2.24) is 9.80 Å². The lowest BCUT2D eigenvalue weighted by molar-refractivity contribution is 0.0642. The molecule has 2 heterocycles. The van der Waals surface area contributed by atoms with Crippen molar-refractivity contribution in [2.45, 2.75) is 26.3 Å². The maximum Gasteiger partial charge on any atom is 0.261 e. The molecule has 0 radical (unpaired) electrons. The predicted octanol–water partition coefficient (Wildman–Crippen LogP) is 4.62. The number of piperidine rings is 1. The fourth-order valence-electron chi connectivity index (χ4n) is 5.04. The standard InChI is InChI=1S/C30H28N2O5/c1-2-37-26-13-12-20(19-32-29(35)23-10-6-7-11-24(23)30(32)36)18-25(26)28(34)31-16-14-22(15-17-31)27(33)21-8-4-3-5-9-21/h3-13,18,22H,2,14-17,19H2,1H3. The molecule has 37 heavy (non-hydrogen) atoms. The zero-order chi connectivity index (χ0) is 25.9. The summed E-state index contributed by atoms with van der Waals surface area (Å²) in [6.45, 7) is 3.24. The number of amides is 3. The van der Waals surface area contributed by atoms with Gasteiger partial charge in [-0.3, -0.25) is 24.1 Å². The Morgan fingerprint density at radius 3 is 2.11 bits per heavy atom. The van der Waals surface area contributed by atoms with Gasteiger partial charge in [-0.05, 0) is 49.6 Å². The van der Waals surface area contributed by atoms with Gasteiger partial charge >= 0.3 is 0 Å². The molecule has 0 spiro atoms. The van der Waals surface area contributed by atoms with E-state index in [2.05, 4.69) is 0 Å². The van der Waals surface area contributed by atoms with Crippen LogP contribution in [-0.4, -0.2) is 53.0 Å². The van der Waals surface area contributed by atoms with E-state index in [4.69, 9.17) is 4.74 Å². The molecule has 3 amide bonds. The summed E-state index contributed by atoms with van der Waals surface area (Å²) < 4.78 is 5.73. The number of ketones is 1. The summed E-state index contributed by atoms with van der Waals surface area (Å²) in [7, 11) is 0. The summed E-state index contributed by atoms with van der Waals surface area (Å²) in [4.78, 5) is 55.0.